The maximum atomic E-state index is 13.0. The van der Waals surface area contributed by atoms with Crippen LogP contribution < -0.4 is 0 Å². The van der Waals surface area contributed by atoms with E-state index in [1.54, 1.807) is 6.07 Å². The summed E-state index contributed by atoms with van der Waals surface area (Å²) in [6.07, 6.45) is 11.7. The number of rotatable bonds is 4. The fourth-order valence-electron chi connectivity index (χ4n) is 4.51. The molecule has 0 heterocycles. The molecule has 2 aliphatic carbocycles. The maximum absolute atomic E-state index is 13.0. The number of hydrogen-bond donors (Lipinski definition) is 0. The molecule has 2 fully saturated rings. The van der Waals surface area contributed by atoms with Crippen LogP contribution in [-0.4, -0.2) is 47.8 Å². The van der Waals surface area contributed by atoms with Crippen LogP contribution >= 0.6 is 22.6 Å². The highest BCUT2D eigenvalue weighted by Crippen LogP contribution is 2.26. The molecule has 0 saturated heterocycles. The molecule has 0 radical (unpaired) electrons. The maximum Gasteiger partial charge on any atom is 0.253 e. The van der Waals surface area contributed by atoms with Crippen LogP contribution in [-0.2, 0) is 0 Å². The van der Waals surface area contributed by atoms with Crippen LogP contribution in [0.4, 0.5) is 0 Å². The van der Waals surface area contributed by atoms with Crippen molar-refractivity contribution in [3.8, 4) is 0 Å². The Labute approximate surface area is 176 Å². The quantitative estimate of drug-likeness (QED) is 0.561. The molecule has 0 spiro atoms. The zero-order valence-corrected chi connectivity index (χ0v) is 18.7. The van der Waals surface area contributed by atoms with E-state index in [9.17, 15) is 9.59 Å². The fourth-order valence-corrected chi connectivity index (χ4v) is 5.18. The van der Waals surface area contributed by atoms with E-state index in [-0.39, 0.29) is 11.8 Å². The van der Waals surface area contributed by atoms with E-state index in [1.165, 1.54) is 38.5 Å². The number of carbonyl (C=O) groups is 2. The van der Waals surface area contributed by atoms with Gasteiger partial charge in [-0.1, -0.05) is 38.5 Å². The highest BCUT2D eigenvalue weighted by Gasteiger charge is 2.26. The van der Waals surface area contributed by atoms with Gasteiger partial charge in [-0.25, -0.2) is 0 Å². The molecule has 27 heavy (non-hydrogen) atoms. The zero-order chi connectivity index (χ0) is 19.4. The van der Waals surface area contributed by atoms with E-state index in [0.717, 1.165) is 29.3 Å². The lowest BCUT2D eigenvalue weighted by molar-refractivity contribution is 0.0694. The van der Waals surface area contributed by atoms with Crippen molar-refractivity contribution < 1.29 is 9.59 Å². The average molecular weight is 482 g/mol. The molecule has 0 unspecified atom stereocenters. The number of halogens is 1. The van der Waals surface area contributed by atoms with Gasteiger partial charge in [0.1, 0.15) is 0 Å². The van der Waals surface area contributed by atoms with Crippen LogP contribution in [0.25, 0.3) is 0 Å². The lowest BCUT2D eigenvalue weighted by Gasteiger charge is -2.32. The Hall–Kier alpha value is -1.11. The average Bonchev–Trinajstić information content (AvgIpc) is 2.72. The van der Waals surface area contributed by atoms with Gasteiger partial charge in [0.15, 0.2) is 0 Å². The number of nitrogens with zero attached hydrogens (tertiary/aromatic N) is 2. The van der Waals surface area contributed by atoms with Crippen molar-refractivity contribution in [3.05, 3.63) is 32.9 Å². The molecule has 0 bridgehead atoms. The summed E-state index contributed by atoms with van der Waals surface area (Å²) < 4.78 is 0.941. The number of carbonyl (C=O) groups excluding carboxylic acids is 2. The summed E-state index contributed by atoms with van der Waals surface area (Å²) in [5.74, 6) is 0.0737. The fraction of sp³-hybridized carbons (Fsp3) is 0.636. The normalized spacial score (nSPS) is 18.9. The van der Waals surface area contributed by atoms with E-state index in [4.69, 9.17) is 0 Å². The molecular weight excluding hydrogens is 451 g/mol. The molecule has 2 aliphatic rings. The molecule has 0 N–H and O–H groups in total. The number of benzene rings is 1. The molecule has 3 rings (SSSR count). The molecule has 0 aliphatic heterocycles. The van der Waals surface area contributed by atoms with Crippen LogP contribution in [0.3, 0.4) is 0 Å². The Morgan fingerprint density at radius 1 is 0.741 bits per heavy atom. The molecule has 148 valence electrons. The first-order chi connectivity index (χ1) is 13.0. The minimum Gasteiger partial charge on any atom is -0.339 e. The highest BCUT2D eigenvalue weighted by atomic mass is 127. The Balaban J connectivity index is 1.76. The van der Waals surface area contributed by atoms with Crippen molar-refractivity contribution in [1.82, 2.24) is 9.80 Å². The molecule has 0 aromatic heterocycles. The van der Waals surface area contributed by atoms with Crippen molar-refractivity contribution in [3.63, 3.8) is 0 Å². The van der Waals surface area contributed by atoms with Gasteiger partial charge in [0.25, 0.3) is 11.8 Å². The third-order valence-corrected chi connectivity index (χ3v) is 6.90. The van der Waals surface area contributed by atoms with Gasteiger partial charge in [-0.3, -0.25) is 9.59 Å². The number of hydrogen-bond acceptors (Lipinski definition) is 2. The Morgan fingerprint density at radius 3 is 1.48 bits per heavy atom. The van der Waals surface area contributed by atoms with Gasteiger partial charge in [0, 0.05) is 40.9 Å². The lowest BCUT2D eigenvalue weighted by Crippen LogP contribution is -2.39. The predicted molar refractivity (Wildman–Crippen MR) is 117 cm³/mol. The van der Waals surface area contributed by atoms with E-state index in [1.807, 2.05) is 36.0 Å². The third-order valence-electron chi connectivity index (χ3n) is 6.28. The molecule has 1 aromatic rings. The van der Waals surface area contributed by atoms with E-state index >= 15 is 0 Å². The summed E-state index contributed by atoms with van der Waals surface area (Å²) >= 11 is 2.21. The second-order valence-electron chi connectivity index (χ2n) is 8.14. The lowest BCUT2D eigenvalue weighted by atomic mass is 9.93. The van der Waals surface area contributed by atoms with Crippen LogP contribution in [0.5, 0.6) is 0 Å². The molecule has 4 nitrogen and oxygen atoms in total. The van der Waals surface area contributed by atoms with E-state index in [2.05, 4.69) is 22.6 Å². The Kier molecular flexibility index (Phi) is 7.17. The summed E-state index contributed by atoms with van der Waals surface area (Å²) in [5, 5.41) is 0. The van der Waals surface area contributed by atoms with Gasteiger partial charge >= 0.3 is 0 Å². The Bertz CT molecular complexity index is 625. The molecule has 2 saturated carbocycles. The summed E-state index contributed by atoms with van der Waals surface area (Å²) in [4.78, 5) is 29.9. The smallest absolute Gasteiger partial charge is 0.253 e. The molecule has 1 aromatic carbocycles. The monoisotopic (exact) mass is 482 g/mol. The minimum atomic E-state index is 0.0368. The minimum absolute atomic E-state index is 0.0368. The molecule has 2 amide bonds. The SMILES string of the molecule is CN(C(=O)c1cc(I)cc(C(=O)N(C)C2CCCCC2)c1)C1CCCCC1. The van der Waals surface area contributed by atoms with Crippen molar-refractivity contribution in [2.75, 3.05) is 14.1 Å². The van der Waals surface area contributed by atoms with Crippen molar-refractivity contribution in [1.29, 1.82) is 0 Å². The topological polar surface area (TPSA) is 40.6 Å². The van der Waals surface area contributed by atoms with Gasteiger partial charge in [-0.2, -0.15) is 0 Å². The van der Waals surface area contributed by atoms with Crippen molar-refractivity contribution in [2.24, 2.45) is 0 Å². The first-order valence-corrected chi connectivity index (χ1v) is 11.4. The highest BCUT2D eigenvalue weighted by molar-refractivity contribution is 14.1. The van der Waals surface area contributed by atoms with E-state index < -0.39 is 0 Å². The third kappa shape index (κ3) is 5.04. The molecule has 5 heteroatoms. The molecular formula is C22H31IN2O2. The van der Waals surface area contributed by atoms with Gasteiger partial charge < -0.3 is 9.80 Å². The van der Waals surface area contributed by atoms with Crippen LogP contribution in [0.1, 0.15) is 84.9 Å². The first-order valence-electron chi connectivity index (χ1n) is 10.3. The van der Waals surface area contributed by atoms with Crippen molar-refractivity contribution in [2.45, 2.75) is 76.3 Å². The predicted octanol–water partition coefficient (Wildman–Crippen LogP) is 5.10. The first kappa shape index (κ1) is 20.6. The van der Waals surface area contributed by atoms with Gasteiger partial charge in [0.2, 0.25) is 0 Å². The Morgan fingerprint density at radius 2 is 1.11 bits per heavy atom. The van der Waals surface area contributed by atoms with Crippen LogP contribution in [0.2, 0.25) is 0 Å². The van der Waals surface area contributed by atoms with Gasteiger partial charge in [-0.15, -0.1) is 0 Å². The van der Waals surface area contributed by atoms with Crippen molar-refractivity contribution >= 4 is 34.4 Å². The van der Waals surface area contributed by atoms with Gasteiger partial charge in [0.05, 0.1) is 0 Å². The summed E-state index contributed by atoms with van der Waals surface area (Å²) in [5.41, 5.74) is 1.27. The van der Waals surface area contributed by atoms with E-state index in [0.29, 0.717) is 23.2 Å². The zero-order valence-electron chi connectivity index (χ0n) is 16.5. The second-order valence-corrected chi connectivity index (χ2v) is 9.39. The van der Waals surface area contributed by atoms with Gasteiger partial charge in [-0.05, 0) is 66.5 Å². The summed E-state index contributed by atoms with van der Waals surface area (Å²) in [6, 6.07) is 6.26. The van der Waals surface area contributed by atoms with Crippen LogP contribution in [0.15, 0.2) is 18.2 Å². The van der Waals surface area contributed by atoms with Crippen LogP contribution in [0, 0.1) is 3.57 Å². The summed E-state index contributed by atoms with van der Waals surface area (Å²) in [6.45, 7) is 0. The number of amides is 2. The largest absolute Gasteiger partial charge is 0.339 e. The summed E-state index contributed by atoms with van der Waals surface area (Å²) in [7, 11) is 3.82. The standard InChI is InChI=1S/C22H31IN2O2/c1-24(19-9-5-3-6-10-19)21(26)16-13-17(15-18(23)14-16)22(27)25(2)20-11-7-4-8-12-20/h13-15,19-20H,3-12H2,1-2H3. The second kappa shape index (κ2) is 9.39. The molecule has 0 atom stereocenters.